The van der Waals surface area contributed by atoms with Crippen molar-refractivity contribution in [3.63, 3.8) is 0 Å². The van der Waals surface area contributed by atoms with Gasteiger partial charge in [0.1, 0.15) is 0 Å². The van der Waals surface area contributed by atoms with Gasteiger partial charge in [-0.3, -0.25) is 0 Å². The molecule has 3 atom stereocenters. The second-order valence-corrected chi connectivity index (χ2v) is 7.58. The summed E-state index contributed by atoms with van der Waals surface area (Å²) in [5, 5.41) is 3.81. The predicted octanol–water partition coefficient (Wildman–Crippen LogP) is 2.90. The van der Waals surface area contributed by atoms with E-state index in [2.05, 4.69) is 31.1 Å². The normalized spacial score (nSPS) is 32.5. The Morgan fingerprint density at radius 1 is 1.35 bits per heavy atom. The third kappa shape index (κ3) is 4.71. The highest BCUT2D eigenvalue weighted by atomic mass is 16.5. The topological polar surface area (TPSA) is 24.5 Å². The quantitative estimate of drug-likeness (QED) is 0.741. The van der Waals surface area contributed by atoms with Gasteiger partial charge in [0, 0.05) is 32.3 Å². The van der Waals surface area contributed by atoms with Gasteiger partial charge >= 0.3 is 0 Å². The third-order valence-corrected chi connectivity index (χ3v) is 5.27. The summed E-state index contributed by atoms with van der Waals surface area (Å²) in [6.45, 7) is 7.97. The summed E-state index contributed by atoms with van der Waals surface area (Å²) in [5.74, 6) is 0.885. The van der Waals surface area contributed by atoms with Crippen LogP contribution < -0.4 is 5.32 Å². The van der Waals surface area contributed by atoms with Crippen LogP contribution in [0.3, 0.4) is 0 Å². The molecule has 2 aliphatic carbocycles. The lowest BCUT2D eigenvalue weighted by Crippen LogP contribution is -2.48. The molecule has 2 aliphatic rings. The van der Waals surface area contributed by atoms with Crippen LogP contribution in [0.25, 0.3) is 0 Å². The lowest BCUT2D eigenvalue weighted by atomic mass is 9.69. The largest absolute Gasteiger partial charge is 0.383 e. The molecule has 0 bridgehead atoms. The molecule has 0 heterocycles. The molecule has 2 saturated carbocycles. The minimum absolute atomic E-state index is 0.483. The van der Waals surface area contributed by atoms with Gasteiger partial charge in [-0.05, 0) is 51.0 Å². The van der Waals surface area contributed by atoms with E-state index in [9.17, 15) is 0 Å². The first-order valence-electron chi connectivity index (χ1n) is 8.47. The van der Waals surface area contributed by atoms with Crippen molar-refractivity contribution < 1.29 is 4.74 Å². The molecule has 3 unspecified atom stereocenters. The zero-order valence-electron chi connectivity index (χ0n) is 14.0. The van der Waals surface area contributed by atoms with E-state index in [1.54, 1.807) is 7.11 Å². The molecule has 0 aromatic carbocycles. The van der Waals surface area contributed by atoms with Crippen LogP contribution in [-0.4, -0.2) is 50.8 Å². The lowest BCUT2D eigenvalue weighted by Gasteiger charge is -2.44. The molecule has 20 heavy (non-hydrogen) atoms. The fourth-order valence-electron chi connectivity index (χ4n) is 3.83. The van der Waals surface area contributed by atoms with E-state index in [0.29, 0.717) is 11.5 Å². The Hall–Kier alpha value is -0.120. The van der Waals surface area contributed by atoms with Crippen molar-refractivity contribution >= 4 is 0 Å². The molecule has 0 radical (unpaired) electrons. The maximum Gasteiger partial charge on any atom is 0.0615 e. The fraction of sp³-hybridized carbons (Fsp3) is 1.00. The Kier molecular flexibility index (Phi) is 5.88. The highest BCUT2D eigenvalue weighted by Gasteiger charge is 2.37. The summed E-state index contributed by atoms with van der Waals surface area (Å²) >= 11 is 0. The molecule has 3 heteroatoms. The number of nitrogens with zero attached hydrogens (tertiary/aromatic N) is 1. The van der Waals surface area contributed by atoms with Gasteiger partial charge in [-0.25, -0.2) is 0 Å². The van der Waals surface area contributed by atoms with Crippen LogP contribution in [0.15, 0.2) is 0 Å². The Balaban J connectivity index is 1.93. The Bertz CT molecular complexity index is 293. The molecule has 118 valence electrons. The number of hydrogen-bond acceptors (Lipinski definition) is 3. The van der Waals surface area contributed by atoms with E-state index in [1.807, 2.05) is 0 Å². The average Bonchev–Trinajstić information content (AvgIpc) is 3.21. The summed E-state index contributed by atoms with van der Waals surface area (Å²) in [4.78, 5) is 2.51. The molecule has 3 nitrogen and oxygen atoms in total. The van der Waals surface area contributed by atoms with Crippen molar-refractivity contribution in [1.29, 1.82) is 0 Å². The van der Waals surface area contributed by atoms with E-state index >= 15 is 0 Å². The molecule has 0 saturated heterocycles. The standard InChI is InChI=1S/C17H34N2O/c1-14-6-5-9-17(10-14,12-18-16-7-8-16)13-19(3)15(2)11-20-4/h14-16,18H,5-13H2,1-4H3. The SMILES string of the molecule is COCC(C)N(C)CC1(CNC2CC2)CCCC(C)C1. The van der Waals surface area contributed by atoms with Gasteiger partial charge in [0.05, 0.1) is 6.61 Å². The average molecular weight is 282 g/mol. The van der Waals surface area contributed by atoms with Gasteiger partial charge in [-0.15, -0.1) is 0 Å². The van der Waals surface area contributed by atoms with Gasteiger partial charge in [-0.1, -0.05) is 19.8 Å². The van der Waals surface area contributed by atoms with Crippen molar-refractivity contribution in [3.8, 4) is 0 Å². The third-order valence-electron chi connectivity index (χ3n) is 5.27. The molecule has 2 rings (SSSR count). The van der Waals surface area contributed by atoms with Crippen LogP contribution >= 0.6 is 0 Å². The Morgan fingerprint density at radius 3 is 2.70 bits per heavy atom. The second-order valence-electron chi connectivity index (χ2n) is 7.58. The van der Waals surface area contributed by atoms with Crippen LogP contribution in [0.2, 0.25) is 0 Å². The van der Waals surface area contributed by atoms with Crippen LogP contribution in [0.4, 0.5) is 0 Å². The van der Waals surface area contributed by atoms with Gasteiger partial charge in [0.15, 0.2) is 0 Å². The molecule has 0 aromatic rings. The van der Waals surface area contributed by atoms with Gasteiger partial charge in [0.2, 0.25) is 0 Å². The zero-order chi connectivity index (χ0) is 14.6. The first-order valence-corrected chi connectivity index (χ1v) is 8.47. The molecule has 1 N–H and O–H groups in total. The number of rotatable bonds is 8. The van der Waals surface area contributed by atoms with E-state index in [0.717, 1.165) is 18.6 Å². The summed E-state index contributed by atoms with van der Waals surface area (Å²) in [5.41, 5.74) is 0.483. The van der Waals surface area contributed by atoms with Crippen LogP contribution in [-0.2, 0) is 4.74 Å². The zero-order valence-corrected chi connectivity index (χ0v) is 14.0. The molecule has 0 aromatic heterocycles. The van der Waals surface area contributed by atoms with Crippen molar-refractivity contribution in [2.75, 3.05) is 33.9 Å². The van der Waals surface area contributed by atoms with E-state index in [-0.39, 0.29) is 0 Å². The molecule has 0 amide bonds. The summed E-state index contributed by atoms with van der Waals surface area (Å²) in [6.07, 6.45) is 8.38. The van der Waals surface area contributed by atoms with Crippen molar-refractivity contribution in [1.82, 2.24) is 10.2 Å². The van der Waals surface area contributed by atoms with Crippen molar-refractivity contribution in [2.45, 2.75) is 64.5 Å². The van der Waals surface area contributed by atoms with Crippen LogP contribution in [0.1, 0.15) is 52.4 Å². The summed E-state index contributed by atoms with van der Waals surface area (Å²) in [6, 6.07) is 1.33. The van der Waals surface area contributed by atoms with Crippen molar-refractivity contribution in [2.24, 2.45) is 11.3 Å². The monoisotopic (exact) mass is 282 g/mol. The Labute approximate surface area is 125 Å². The molecular formula is C17H34N2O. The van der Waals surface area contributed by atoms with E-state index in [4.69, 9.17) is 4.74 Å². The number of hydrogen-bond donors (Lipinski definition) is 1. The molecular weight excluding hydrogens is 248 g/mol. The highest BCUT2D eigenvalue weighted by Crippen LogP contribution is 2.40. The van der Waals surface area contributed by atoms with Crippen LogP contribution in [0, 0.1) is 11.3 Å². The minimum atomic E-state index is 0.483. The first kappa shape index (κ1) is 16.3. The number of likely N-dealkylation sites (N-methyl/N-ethyl adjacent to an activating group) is 1. The number of methoxy groups -OCH3 is 1. The smallest absolute Gasteiger partial charge is 0.0615 e. The summed E-state index contributed by atoms with van der Waals surface area (Å²) in [7, 11) is 4.07. The molecule has 2 fully saturated rings. The maximum atomic E-state index is 5.32. The van der Waals surface area contributed by atoms with E-state index in [1.165, 1.54) is 51.6 Å². The van der Waals surface area contributed by atoms with Crippen LogP contribution in [0.5, 0.6) is 0 Å². The predicted molar refractivity (Wildman–Crippen MR) is 85.1 cm³/mol. The highest BCUT2D eigenvalue weighted by molar-refractivity contribution is 4.93. The lowest BCUT2D eigenvalue weighted by molar-refractivity contribution is 0.0493. The van der Waals surface area contributed by atoms with Gasteiger partial charge in [-0.2, -0.15) is 0 Å². The maximum absolute atomic E-state index is 5.32. The van der Waals surface area contributed by atoms with Gasteiger partial charge < -0.3 is 15.0 Å². The first-order chi connectivity index (χ1) is 9.54. The molecule has 0 aliphatic heterocycles. The number of nitrogens with one attached hydrogen (secondary N) is 1. The van der Waals surface area contributed by atoms with Gasteiger partial charge in [0.25, 0.3) is 0 Å². The minimum Gasteiger partial charge on any atom is -0.383 e. The fourth-order valence-corrected chi connectivity index (χ4v) is 3.83. The number of ether oxygens (including phenoxy) is 1. The molecule has 0 spiro atoms. The summed E-state index contributed by atoms with van der Waals surface area (Å²) < 4.78 is 5.32. The second kappa shape index (κ2) is 7.24. The van der Waals surface area contributed by atoms with Crippen molar-refractivity contribution in [3.05, 3.63) is 0 Å². The van der Waals surface area contributed by atoms with E-state index < -0.39 is 0 Å². The Morgan fingerprint density at radius 2 is 2.10 bits per heavy atom.